The Hall–Kier alpha value is -0.430. The standard InChI is InChI=1S/C8H4BrClF5N/c9-5-3(1-10)2-16-6(8(13,14)15)4(5)7(11)12/h2,7H,1H2. The van der Waals surface area contributed by atoms with Crippen LogP contribution in [0.4, 0.5) is 22.0 Å². The number of halogens is 7. The number of hydrogen-bond donors (Lipinski definition) is 0. The summed E-state index contributed by atoms with van der Waals surface area (Å²) in [4.78, 5) is 2.98. The first-order chi connectivity index (χ1) is 7.29. The maximum atomic E-state index is 12.5. The van der Waals surface area contributed by atoms with Gasteiger partial charge in [0.1, 0.15) is 0 Å². The zero-order valence-corrected chi connectivity index (χ0v) is 9.80. The van der Waals surface area contributed by atoms with Crippen molar-refractivity contribution in [2.24, 2.45) is 0 Å². The quantitative estimate of drug-likeness (QED) is 0.575. The van der Waals surface area contributed by atoms with Gasteiger partial charge in [-0.15, -0.1) is 11.6 Å². The van der Waals surface area contributed by atoms with Crippen LogP contribution in [0.2, 0.25) is 0 Å². The van der Waals surface area contributed by atoms with Gasteiger partial charge < -0.3 is 0 Å². The molecule has 1 heterocycles. The third-order valence-electron chi connectivity index (χ3n) is 1.75. The third kappa shape index (κ3) is 2.63. The zero-order chi connectivity index (χ0) is 12.5. The molecule has 1 aromatic rings. The first-order valence-corrected chi connectivity index (χ1v) is 5.20. The van der Waals surface area contributed by atoms with Gasteiger partial charge in [-0.05, 0) is 21.5 Å². The molecule has 0 aliphatic heterocycles. The van der Waals surface area contributed by atoms with Crippen molar-refractivity contribution in [1.29, 1.82) is 0 Å². The highest BCUT2D eigenvalue weighted by molar-refractivity contribution is 9.10. The molecule has 1 aromatic heterocycles. The van der Waals surface area contributed by atoms with Crippen molar-refractivity contribution in [3.05, 3.63) is 27.5 Å². The maximum absolute atomic E-state index is 12.5. The molecular formula is C8H4BrClF5N. The SMILES string of the molecule is FC(F)c1c(C(F)(F)F)ncc(CCl)c1Br. The Bertz CT molecular complexity index is 393. The van der Waals surface area contributed by atoms with Crippen LogP contribution in [0.15, 0.2) is 10.7 Å². The van der Waals surface area contributed by atoms with E-state index in [9.17, 15) is 22.0 Å². The minimum Gasteiger partial charge on any atom is -0.251 e. The Labute approximate surface area is 101 Å². The highest BCUT2D eigenvalue weighted by atomic mass is 79.9. The van der Waals surface area contributed by atoms with E-state index in [-0.39, 0.29) is 15.9 Å². The van der Waals surface area contributed by atoms with Crippen molar-refractivity contribution < 1.29 is 22.0 Å². The maximum Gasteiger partial charge on any atom is 0.433 e. The molecule has 0 spiro atoms. The van der Waals surface area contributed by atoms with E-state index in [2.05, 4.69) is 20.9 Å². The lowest BCUT2D eigenvalue weighted by Crippen LogP contribution is -2.13. The second kappa shape index (κ2) is 4.83. The summed E-state index contributed by atoms with van der Waals surface area (Å²) in [5.74, 6) is -0.203. The minimum atomic E-state index is -4.92. The fourth-order valence-electron chi connectivity index (χ4n) is 1.06. The second-order valence-corrected chi connectivity index (χ2v) is 3.85. The first-order valence-electron chi connectivity index (χ1n) is 3.87. The molecule has 0 aliphatic rings. The summed E-state index contributed by atoms with van der Waals surface area (Å²) in [7, 11) is 0. The van der Waals surface area contributed by atoms with Crippen molar-refractivity contribution in [3.8, 4) is 0 Å². The van der Waals surface area contributed by atoms with E-state index < -0.39 is 23.9 Å². The average molecular weight is 324 g/mol. The van der Waals surface area contributed by atoms with Crippen molar-refractivity contribution >= 4 is 27.5 Å². The Kier molecular flexibility index (Phi) is 4.12. The van der Waals surface area contributed by atoms with Gasteiger partial charge in [-0.3, -0.25) is 4.98 Å². The molecule has 0 radical (unpaired) electrons. The molecule has 1 nitrogen and oxygen atoms in total. The topological polar surface area (TPSA) is 12.9 Å². The van der Waals surface area contributed by atoms with Gasteiger partial charge >= 0.3 is 6.18 Å². The molecule has 0 aliphatic carbocycles. The predicted molar refractivity (Wildman–Crippen MR) is 51.5 cm³/mol. The van der Waals surface area contributed by atoms with Crippen molar-refractivity contribution in [3.63, 3.8) is 0 Å². The van der Waals surface area contributed by atoms with Gasteiger partial charge in [-0.2, -0.15) is 13.2 Å². The van der Waals surface area contributed by atoms with Crippen LogP contribution in [0.1, 0.15) is 23.2 Å². The molecule has 0 unspecified atom stereocenters. The fraction of sp³-hybridized carbons (Fsp3) is 0.375. The van der Waals surface area contributed by atoms with E-state index in [1.165, 1.54) is 0 Å². The molecule has 90 valence electrons. The summed E-state index contributed by atoms with van der Waals surface area (Å²) in [5, 5.41) is 0. The molecule has 1 rings (SSSR count). The van der Waals surface area contributed by atoms with Gasteiger partial charge in [0.2, 0.25) is 0 Å². The lowest BCUT2D eigenvalue weighted by atomic mass is 10.1. The van der Waals surface area contributed by atoms with Crippen LogP contribution in [0, 0.1) is 0 Å². The summed E-state index contributed by atoms with van der Waals surface area (Å²) in [5.41, 5.74) is -2.68. The van der Waals surface area contributed by atoms with Gasteiger partial charge in [-0.1, -0.05) is 0 Å². The number of pyridine rings is 1. The molecule has 0 atom stereocenters. The predicted octanol–water partition coefficient (Wildman–Crippen LogP) is 4.54. The van der Waals surface area contributed by atoms with Crippen LogP contribution >= 0.6 is 27.5 Å². The van der Waals surface area contributed by atoms with Crippen molar-refractivity contribution in [2.45, 2.75) is 18.5 Å². The molecule has 16 heavy (non-hydrogen) atoms. The number of rotatable bonds is 2. The number of aromatic nitrogens is 1. The highest BCUT2D eigenvalue weighted by Crippen LogP contribution is 2.40. The van der Waals surface area contributed by atoms with Crippen LogP contribution in [-0.2, 0) is 12.1 Å². The van der Waals surface area contributed by atoms with Crippen molar-refractivity contribution in [1.82, 2.24) is 4.98 Å². The van der Waals surface area contributed by atoms with Gasteiger partial charge in [0.15, 0.2) is 5.69 Å². The van der Waals surface area contributed by atoms with Crippen LogP contribution in [0.5, 0.6) is 0 Å². The number of nitrogens with zero attached hydrogens (tertiary/aromatic N) is 1. The molecule has 0 saturated heterocycles. The molecule has 0 N–H and O–H groups in total. The van der Waals surface area contributed by atoms with E-state index in [0.717, 1.165) is 6.20 Å². The molecule has 0 aromatic carbocycles. The summed E-state index contributed by atoms with van der Waals surface area (Å²) < 4.78 is 61.8. The van der Waals surface area contributed by atoms with E-state index in [0.29, 0.717) is 0 Å². The van der Waals surface area contributed by atoms with Gasteiger partial charge in [0, 0.05) is 10.7 Å². The number of alkyl halides is 6. The number of hydrogen-bond acceptors (Lipinski definition) is 1. The second-order valence-electron chi connectivity index (χ2n) is 2.79. The van der Waals surface area contributed by atoms with Gasteiger partial charge in [0.25, 0.3) is 6.43 Å². The van der Waals surface area contributed by atoms with E-state index in [4.69, 9.17) is 11.6 Å². The Morgan fingerprint density at radius 3 is 2.31 bits per heavy atom. The molecule has 8 heteroatoms. The average Bonchev–Trinajstić information content (AvgIpc) is 2.15. The van der Waals surface area contributed by atoms with Gasteiger partial charge in [-0.25, -0.2) is 8.78 Å². The molecule has 0 bridgehead atoms. The van der Waals surface area contributed by atoms with E-state index in [1.807, 2.05) is 0 Å². The van der Waals surface area contributed by atoms with Crippen LogP contribution < -0.4 is 0 Å². The summed E-state index contributed by atoms with van der Waals surface area (Å²) >= 11 is 8.06. The highest BCUT2D eigenvalue weighted by Gasteiger charge is 2.39. The molecule has 0 saturated carbocycles. The Balaban J connectivity index is 3.47. The van der Waals surface area contributed by atoms with E-state index in [1.54, 1.807) is 0 Å². The first kappa shape index (κ1) is 13.6. The monoisotopic (exact) mass is 323 g/mol. The Morgan fingerprint density at radius 1 is 1.38 bits per heavy atom. The normalized spacial score (nSPS) is 12.2. The lowest BCUT2D eigenvalue weighted by Gasteiger charge is -2.14. The van der Waals surface area contributed by atoms with Crippen molar-refractivity contribution in [2.75, 3.05) is 0 Å². The smallest absolute Gasteiger partial charge is 0.251 e. The fourth-order valence-corrected chi connectivity index (χ4v) is 2.03. The van der Waals surface area contributed by atoms with E-state index >= 15 is 0 Å². The molecular weight excluding hydrogens is 320 g/mol. The van der Waals surface area contributed by atoms with Crippen LogP contribution in [-0.4, -0.2) is 4.98 Å². The summed E-state index contributed by atoms with van der Waals surface area (Å²) in [6, 6.07) is 0. The minimum absolute atomic E-state index is 0.0879. The largest absolute Gasteiger partial charge is 0.433 e. The molecule has 0 amide bonds. The molecule has 0 fully saturated rings. The third-order valence-corrected chi connectivity index (χ3v) is 2.98. The summed E-state index contributed by atoms with van der Waals surface area (Å²) in [6.07, 6.45) is -7.37. The van der Waals surface area contributed by atoms with Crippen LogP contribution in [0.3, 0.4) is 0 Å². The van der Waals surface area contributed by atoms with Crippen LogP contribution in [0.25, 0.3) is 0 Å². The Morgan fingerprint density at radius 2 is 1.94 bits per heavy atom. The summed E-state index contributed by atoms with van der Waals surface area (Å²) in [6.45, 7) is 0. The lowest BCUT2D eigenvalue weighted by molar-refractivity contribution is -0.143. The zero-order valence-electron chi connectivity index (χ0n) is 7.45. The van der Waals surface area contributed by atoms with Gasteiger partial charge in [0.05, 0.1) is 11.4 Å².